The summed E-state index contributed by atoms with van der Waals surface area (Å²) in [4.78, 5) is 22.1. The Bertz CT molecular complexity index is 398. The van der Waals surface area contributed by atoms with Gasteiger partial charge in [0.15, 0.2) is 0 Å². The fourth-order valence-corrected chi connectivity index (χ4v) is 3.54. The Hall–Kier alpha value is -1.10. The van der Waals surface area contributed by atoms with Crippen molar-refractivity contribution in [1.29, 1.82) is 0 Å². The van der Waals surface area contributed by atoms with E-state index in [2.05, 4.69) is 16.9 Å². The number of thioether (sulfide) groups is 1. The van der Waals surface area contributed by atoms with Gasteiger partial charge < -0.3 is 4.90 Å². The average Bonchev–Trinajstić information content (AvgIpc) is 2.87. The molecule has 18 heavy (non-hydrogen) atoms. The van der Waals surface area contributed by atoms with Crippen molar-refractivity contribution >= 4 is 17.7 Å². The highest BCUT2D eigenvalue weighted by Gasteiger charge is 2.30. The maximum Gasteiger partial charge on any atom is 0.274 e. The van der Waals surface area contributed by atoms with Crippen molar-refractivity contribution in [2.75, 3.05) is 12.8 Å². The van der Waals surface area contributed by atoms with Crippen LogP contribution in [0.5, 0.6) is 0 Å². The number of carbonyl (C=O) groups excluding carboxylic acids is 1. The maximum atomic E-state index is 12.2. The van der Waals surface area contributed by atoms with Crippen molar-refractivity contribution in [2.24, 2.45) is 0 Å². The summed E-state index contributed by atoms with van der Waals surface area (Å²) in [7, 11) is 1.88. The molecule has 1 saturated carbocycles. The van der Waals surface area contributed by atoms with E-state index in [0.29, 0.717) is 17.0 Å². The van der Waals surface area contributed by atoms with Gasteiger partial charge in [-0.1, -0.05) is 6.92 Å². The van der Waals surface area contributed by atoms with Gasteiger partial charge in [-0.3, -0.25) is 9.78 Å². The van der Waals surface area contributed by atoms with Gasteiger partial charge in [0.25, 0.3) is 5.91 Å². The molecule has 1 aliphatic rings. The summed E-state index contributed by atoms with van der Waals surface area (Å²) >= 11 is 2.00. The highest BCUT2D eigenvalue weighted by molar-refractivity contribution is 7.99. The first kappa shape index (κ1) is 13.3. The molecule has 0 bridgehead atoms. The Morgan fingerprint density at radius 1 is 1.50 bits per heavy atom. The summed E-state index contributed by atoms with van der Waals surface area (Å²) in [5, 5.41) is 0.706. The lowest BCUT2D eigenvalue weighted by Crippen LogP contribution is -2.36. The van der Waals surface area contributed by atoms with Crippen LogP contribution in [-0.4, -0.2) is 44.9 Å². The zero-order valence-electron chi connectivity index (χ0n) is 10.9. The van der Waals surface area contributed by atoms with Gasteiger partial charge in [0.2, 0.25) is 0 Å². The SMILES string of the molecule is CCSC1CCC(N(C)C(=O)c2cnccn2)C1. The molecule has 0 radical (unpaired) electrons. The van der Waals surface area contributed by atoms with Gasteiger partial charge in [-0.25, -0.2) is 4.98 Å². The maximum absolute atomic E-state index is 12.2. The lowest BCUT2D eigenvalue weighted by Gasteiger charge is -2.24. The quantitative estimate of drug-likeness (QED) is 0.837. The van der Waals surface area contributed by atoms with Crippen molar-refractivity contribution in [1.82, 2.24) is 14.9 Å². The Labute approximate surface area is 112 Å². The van der Waals surface area contributed by atoms with Crippen molar-refractivity contribution in [3.63, 3.8) is 0 Å². The van der Waals surface area contributed by atoms with Crippen LogP contribution in [-0.2, 0) is 0 Å². The Kier molecular flexibility index (Phi) is 4.58. The highest BCUT2D eigenvalue weighted by atomic mass is 32.2. The summed E-state index contributed by atoms with van der Waals surface area (Å²) in [6.07, 6.45) is 8.08. The molecular weight excluding hydrogens is 246 g/mol. The lowest BCUT2D eigenvalue weighted by molar-refractivity contribution is 0.0729. The standard InChI is InChI=1S/C13H19N3OS/c1-3-18-11-5-4-10(8-11)16(2)13(17)12-9-14-6-7-15-12/h6-7,9-11H,3-5,8H2,1-2H3. The molecule has 0 aromatic carbocycles. The van der Waals surface area contributed by atoms with Crippen LogP contribution in [0.4, 0.5) is 0 Å². The zero-order chi connectivity index (χ0) is 13.0. The summed E-state index contributed by atoms with van der Waals surface area (Å²) in [5.41, 5.74) is 0.437. The number of hydrogen-bond donors (Lipinski definition) is 0. The number of aromatic nitrogens is 2. The smallest absolute Gasteiger partial charge is 0.274 e. The third-order valence-corrected chi connectivity index (χ3v) is 4.64. The first-order valence-electron chi connectivity index (χ1n) is 6.37. The minimum Gasteiger partial charge on any atom is -0.337 e. The van der Waals surface area contributed by atoms with E-state index in [1.165, 1.54) is 12.6 Å². The van der Waals surface area contributed by atoms with Crippen LogP contribution in [0.15, 0.2) is 18.6 Å². The molecule has 5 heteroatoms. The molecule has 1 aliphatic carbocycles. The van der Waals surface area contributed by atoms with Crippen LogP contribution >= 0.6 is 11.8 Å². The molecule has 0 saturated heterocycles. The minimum absolute atomic E-state index is 0.0183. The molecule has 4 nitrogen and oxygen atoms in total. The molecule has 1 heterocycles. The van der Waals surface area contributed by atoms with E-state index in [9.17, 15) is 4.79 Å². The molecule has 0 N–H and O–H groups in total. The van der Waals surface area contributed by atoms with Crippen molar-refractivity contribution < 1.29 is 4.79 Å². The molecule has 0 spiro atoms. The van der Waals surface area contributed by atoms with Gasteiger partial charge >= 0.3 is 0 Å². The lowest BCUT2D eigenvalue weighted by atomic mass is 10.2. The van der Waals surface area contributed by atoms with Gasteiger partial charge in [-0.15, -0.1) is 0 Å². The van der Waals surface area contributed by atoms with Crippen LogP contribution in [0.3, 0.4) is 0 Å². The fraction of sp³-hybridized carbons (Fsp3) is 0.615. The van der Waals surface area contributed by atoms with Crippen LogP contribution in [0, 0.1) is 0 Å². The predicted octanol–water partition coefficient (Wildman–Crippen LogP) is 2.22. The second-order valence-electron chi connectivity index (χ2n) is 4.55. The monoisotopic (exact) mass is 265 g/mol. The normalized spacial score (nSPS) is 23.0. The number of hydrogen-bond acceptors (Lipinski definition) is 4. The first-order chi connectivity index (χ1) is 8.72. The zero-order valence-corrected chi connectivity index (χ0v) is 11.7. The number of amides is 1. The van der Waals surface area contributed by atoms with Crippen molar-refractivity contribution in [3.05, 3.63) is 24.3 Å². The van der Waals surface area contributed by atoms with E-state index >= 15 is 0 Å². The second kappa shape index (κ2) is 6.18. The minimum atomic E-state index is -0.0183. The first-order valence-corrected chi connectivity index (χ1v) is 7.42. The number of carbonyl (C=O) groups is 1. The van der Waals surface area contributed by atoms with Crippen molar-refractivity contribution in [2.45, 2.75) is 37.5 Å². The van der Waals surface area contributed by atoms with Gasteiger partial charge in [0.1, 0.15) is 5.69 Å². The molecule has 2 atom stereocenters. The van der Waals surface area contributed by atoms with E-state index in [0.717, 1.165) is 18.6 Å². The fourth-order valence-electron chi connectivity index (χ4n) is 2.41. The highest BCUT2D eigenvalue weighted by Crippen LogP contribution is 2.32. The molecular formula is C13H19N3OS. The van der Waals surface area contributed by atoms with Gasteiger partial charge in [-0.2, -0.15) is 11.8 Å². The molecule has 0 aliphatic heterocycles. The van der Waals surface area contributed by atoms with Crippen LogP contribution < -0.4 is 0 Å². The molecule has 1 amide bonds. The van der Waals surface area contributed by atoms with Crippen LogP contribution in [0.25, 0.3) is 0 Å². The van der Waals surface area contributed by atoms with Crippen LogP contribution in [0.2, 0.25) is 0 Å². The summed E-state index contributed by atoms with van der Waals surface area (Å²) in [6, 6.07) is 0.351. The summed E-state index contributed by atoms with van der Waals surface area (Å²) < 4.78 is 0. The molecule has 98 valence electrons. The average molecular weight is 265 g/mol. The third kappa shape index (κ3) is 3.02. The predicted molar refractivity (Wildman–Crippen MR) is 73.7 cm³/mol. The summed E-state index contributed by atoms with van der Waals surface area (Å²) in [6.45, 7) is 2.19. The van der Waals surface area contributed by atoms with E-state index in [4.69, 9.17) is 0 Å². The number of rotatable bonds is 4. The van der Waals surface area contributed by atoms with E-state index < -0.39 is 0 Å². The van der Waals surface area contributed by atoms with E-state index in [-0.39, 0.29) is 5.91 Å². The van der Waals surface area contributed by atoms with Gasteiger partial charge in [0, 0.05) is 30.7 Å². The van der Waals surface area contributed by atoms with Crippen LogP contribution in [0.1, 0.15) is 36.7 Å². The molecule has 1 aromatic rings. The Morgan fingerprint density at radius 2 is 2.33 bits per heavy atom. The Balaban J connectivity index is 1.96. The third-order valence-electron chi connectivity index (χ3n) is 3.41. The van der Waals surface area contributed by atoms with Crippen molar-refractivity contribution in [3.8, 4) is 0 Å². The molecule has 1 aromatic heterocycles. The number of nitrogens with zero attached hydrogens (tertiary/aromatic N) is 3. The van der Waals surface area contributed by atoms with E-state index in [1.807, 2.05) is 23.7 Å². The molecule has 2 rings (SSSR count). The van der Waals surface area contributed by atoms with Gasteiger partial charge in [-0.05, 0) is 25.0 Å². The topological polar surface area (TPSA) is 46.1 Å². The second-order valence-corrected chi connectivity index (χ2v) is 6.13. The molecule has 2 unspecified atom stereocenters. The Morgan fingerprint density at radius 3 is 3.00 bits per heavy atom. The van der Waals surface area contributed by atoms with E-state index in [1.54, 1.807) is 12.4 Å². The largest absolute Gasteiger partial charge is 0.337 e. The summed E-state index contributed by atoms with van der Waals surface area (Å²) in [5.74, 6) is 1.13. The molecule has 1 fully saturated rings. The van der Waals surface area contributed by atoms with Gasteiger partial charge in [0.05, 0.1) is 6.20 Å².